The summed E-state index contributed by atoms with van der Waals surface area (Å²) in [6.07, 6.45) is 8.92. The minimum Gasteiger partial charge on any atom is -0.313 e. The summed E-state index contributed by atoms with van der Waals surface area (Å²) >= 11 is 1.86. The second kappa shape index (κ2) is 5.89. The number of fused-ring (bicyclic) bond motifs is 1. The Hall–Kier alpha value is -1.12. The molecule has 0 saturated heterocycles. The number of hydrogen-bond acceptors (Lipinski definition) is 2. The molecule has 0 fully saturated rings. The fraction of sp³-hybridized carbons (Fsp3) is 0.412. The first-order valence-electron chi connectivity index (χ1n) is 7.20. The highest BCUT2D eigenvalue weighted by Crippen LogP contribution is 2.33. The molecule has 1 aromatic carbocycles. The molecule has 3 rings (SSSR count). The van der Waals surface area contributed by atoms with Gasteiger partial charge < -0.3 is 5.32 Å². The van der Waals surface area contributed by atoms with Gasteiger partial charge in [0.05, 0.1) is 0 Å². The molecule has 0 amide bonds. The van der Waals surface area contributed by atoms with Gasteiger partial charge in [-0.1, -0.05) is 29.8 Å². The van der Waals surface area contributed by atoms with Crippen LogP contribution in [0, 0.1) is 0 Å². The number of thiophene rings is 1. The van der Waals surface area contributed by atoms with Crippen molar-refractivity contribution in [2.75, 3.05) is 7.05 Å². The van der Waals surface area contributed by atoms with E-state index in [0.29, 0.717) is 6.04 Å². The van der Waals surface area contributed by atoms with Gasteiger partial charge in [-0.15, -0.1) is 11.3 Å². The summed E-state index contributed by atoms with van der Waals surface area (Å²) < 4.78 is 1.44. The SMILES string of the molecule is CNC(CC1=CCCCC1)c1cccc2ccsc12. The molecule has 1 aliphatic rings. The van der Waals surface area contributed by atoms with Crippen molar-refractivity contribution in [2.45, 2.75) is 38.1 Å². The lowest BCUT2D eigenvalue weighted by atomic mass is 9.91. The molecule has 0 bridgehead atoms. The molecule has 1 N–H and O–H groups in total. The Labute approximate surface area is 119 Å². The highest BCUT2D eigenvalue weighted by atomic mass is 32.1. The minimum absolute atomic E-state index is 0.451. The molecule has 1 nitrogen and oxygen atoms in total. The van der Waals surface area contributed by atoms with Gasteiger partial charge in [-0.05, 0) is 61.5 Å². The Kier molecular flexibility index (Phi) is 4.00. The van der Waals surface area contributed by atoms with Crippen LogP contribution in [-0.4, -0.2) is 7.05 Å². The third-order valence-electron chi connectivity index (χ3n) is 4.08. The maximum absolute atomic E-state index is 3.51. The standard InChI is InChI=1S/C17H21NS/c1-18-16(12-13-6-3-2-4-7-13)15-9-5-8-14-10-11-19-17(14)15/h5-6,8-11,16,18H,2-4,7,12H2,1H3. The summed E-state index contributed by atoms with van der Waals surface area (Å²) in [6.45, 7) is 0. The number of hydrogen-bond donors (Lipinski definition) is 1. The number of nitrogens with one attached hydrogen (secondary N) is 1. The van der Waals surface area contributed by atoms with Gasteiger partial charge in [-0.3, -0.25) is 0 Å². The van der Waals surface area contributed by atoms with Crippen LogP contribution < -0.4 is 5.32 Å². The van der Waals surface area contributed by atoms with E-state index in [1.54, 1.807) is 5.57 Å². The summed E-state index contributed by atoms with van der Waals surface area (Å²) in [4.78, 5) is 0. The molecule has 1 aliphatic carbocycles. The van der Waals surface area contributed by atoms with Crippen molar-refractivity contribution in [3.63, 3.8) is 0 Å². The predicted molar refractivity (Wildman–Crippen MR) is 84.8 cm³/mol. The lowest BCUT2D eigenvalue weighted by molar-refractivity contribution is 0.562. The Morgan fingerprint density at radius 3 is 3.00 bits per heavy atom. The van der Waals surface area contributed by atoms with Crippen LogP contribution in [0.25, 0.3) is 10.1 Å². The van der Waals surface area contributed by atoms with Gasteiger partial charge in [-0.2, -0.15) is 0 Å². The van der Waals surface area contributed by atoms with Crippen LogP contribution in [0.4, 0.5) is 0 Å². The number of rotatable bonds is 4. The third-order valence-corrected chi connectivity index (χ3v) is 5.06. The minimum atomic E-state index is 0.451. The lowest BCUT2D eigenvalue weighted by Crippen LogP contribution is -2.17. The molecule has 0 spiro atoms. The maximum atomic E-state index is 3.51. The van der Waals surface area contributed by atoms with Crippen molar-refractivity contribution in [3.05, 3.63) is 46.9 Å². The monoisotopic (exact) mass is 271 g/mol. The molecule has 0 aliphatic heterocycles. The summed E-state index contributed by atoms with van der Waals surface area (Å²) in [7, 11) is 2.08. The van der Waals surface area contributed by atoms with E-state index >= 15 is 0 Å². The third kappa shape index (κ3) is 2.75. The van der Waals surface area contributed by atoms with E-state index in [9.17, 15) is 0 Å². The maximum Gasteiger partial charge on any atom is 0.0390 e. The molecule has 1 atom stereocenters. The molecule has 100 valence electrons. The summed E-state index contributed by atoms with van der Waals surface area (Å²) in [5.74, 6) is 0. The average Bonchev–Trinajstić information content (AvgIpc) is 2.94. The fourth-order valence-corrected chi connectivity index (χ4v) is 3.98. The van der Waals surface area contributed by atoms with Gasteiger partial charge in [0.15, 0.2) is 0 Å². The summed E-state index contributed by atoms with van der Waals surface area (Å²) in [6, 6.07) is 9.34. The number of allylic oxidation sites excluding steroid dienone is 1. The largest absolute Gasteiger partial charge is 0.313 e. The first kappa shape index (κ1) is 12.9. The quantitative estimate of drug-likeness (QED) is 0.767. The average molecular weight is 271 g/mol. The van der Waals surface area contributed by atoms with Crippen LogP contribution in [-0.2, 0) is 0 Å². The van der Waals surface area contributed by atoms with E-state index in [4.69, 9.17) is 0 Å². The smallest absolute Gasteiger partial charge is 0.0390 e. The molecule has 1 unspecified atom stereocenters. The van der Waals surface area contributed by atoms with E-state index in [1.165, 1.54) is 41.3 Å². The van der Waals surface area contributed by atoms with Gasteiger partial charge in [0.1, 0.15) is 0 Å². The molecule has 1 aromatic heterocycles. The van der Waals surface area contributed by atoms with Crippen molar-refractivity contribution in [1.29, 1.82) is 0 Å². The van der Waals surface area contributed by atoms with Gasteiger partial charge in [0.25, 0.3) is 0 Å². The van der Waals surface area contributed by atoms with Gasteiger partial charge in [0, 0.05) is 10.7 Å². The van der Waals surface area contributed by atoms with Crippen LogP contribution in [0.15, 0.2) is 41.3 Å². The zero-order valence-corrected chi connectivity index (χ0v) is 12.3. The van der Waals surface area contributed by atoms with E-state index < -0.39 is 0 Å². The molecule has 1 heterocycles. The van der Waals surface area contributed by atoms with Crippen LogP contribution in [0.3, 0.4) is 0 Å². The van der Waals surface area contributed by atoms with E-state index in [-0.39, 0.29) is 0 Å². The Morgan fingerprint density at radius 2 is 2.21 bits per heavy atom. The van der Waals surface area contributed by atoms with Crippen molar-refractivity contribution in [2.24, 2.45) is 0 Å². The second-order valence-corrected chi connectivity index (χ2v) is 6.26. The van der Waals surface area contributed by atoms with E-state index in [0.717, 1.165) is 6.42 Å². The van der Waals surface area contributed by atoms with Crippen LogP contribution in [0.2, 0.25) is 0 Å². The topological polar surface area (TPSA) is 12.0 Å². The van der Waals surface area contributed by atoms with Crippen LogP contribution in [0.1, 0.15) is 43.7 Å². The number of benzene rings is 1. The van der Waals surface area contributed by atoms with Crippen molar-refractivity contribution < 1.29 is 0 Å². The zero-order valence-electron chi connectivity index (χ0n) is 11.5. The van der Waals surface area contributed by atoms with Crippen molar-refractivity contribution >= 4 is 21.4 Å². The summed E-state index contributed by atoms with van der Waals surface area (Å²) in [5.41, 5.74) is 3.10. The lowest BCUT2D eigenvalue weighted by Gasteiger charge is -2.21. The Morgan fingerprint density at radius 1 is 1.26 bits per heavy atom. The highest BCUT2D eigenvalue weighted by Gasteiger charge is 2.16. The molecule has 2 aromatic rings. The summed E-state index contributed by atoms with van der Waals surface area (Å²) in [5, 5.41) is 7.08. The first-order valence-corrected chi connectivity index (χ1v) is 8.08. The normalized spacial score (nSPS) is 17.4. The molecule has 0 saturated carbocycles. The molecular formula is C17H21NS. The molecule has 0 radical (unpaired) electrons. The Bertz CT molecular complexity index is 582. The first-order chi connectivity index (χ1) is 9.38. The van der Waals surface area contributed by atoms with Gasteiger partial charge >= 0.3 is 0 Å². The highest BCUT2D eigenvalue weighted by molar-refractivity contribution is 7.17. The van der Waals surface area contributed by atoms with E-state index in [2.05, 4.69) is 48.1 Å². The Balaban J connectivity index is 1.89. The van der Waals surface area contributed by atoms with Crippen LogP contribution >= 0.6 is 11.3 Å². The van der Waals surface area contributed by atoms with Crippen molar-refractivity contribution in [1.82, 2.24) is 5.32 Å². The molecule has 2 heteroatoms. The predicted octanol–water partition coefficient (Wildman–Crippen LogP) is 5.05. The van der Waals surface area contributed by atoms with Gasteiger partial charge in [0.2, 0.25) is 0 Å². The fourth-order valence-electron chi connectivity index (χ4n) is 3.01. The van der Waals surface area contributed by atoms with E-state index in [1.807, 2.05) is 11.3 Å². The van der Waals surface area contributed by atoms with Gasteiger partial charge in [-0.25, -0.2) is 0 Å². The molecular weight excluding hydrogens is 250 g/mol. The second-order valence-electron chi connectivity index (χ2n) is 5.34. The van der Waals surface area contributed by atoms with Crippen molar-refractivity contribution in [3.8, 4) is 0 Å². The van der Waals surface area contributed by atoms with Crippen LogP contribution in [0.5, 0.6) is 0 Å². The zero-order chi connectivity index (χ0) is 13.1. The molecule has 19 heavy (non-hydrogen) atoms.